The first-order valence-electron chi connectivity index (χ1n) is 13.5. The van der Waals surface area contributed by atoms with Gasteiger partial charge in [-0.1, -0.05) is 109 Å². The molecular formula is C33H27N3O4S2. The SMILES string of the molecule is O=C(Cc1ccccc1)N[C@@H]1C(=O)N2C(C(=O)OC(c3ccccc3)c3ccccc3)=C(Sc3ccccn3)CS[C@@H]12. The summed E-state index contributed by atoms with van der Waals surface area (Å²) < 4.78 is 6.21. The number of esters is 1. The van der Waals surface area contributed by atoms with Crippen molar-refractivity contribution in [3.63, 3.8) is 0 Å². The Morgan fingerprint density at radius 2 is 1.52 bits per heavy atom. The molecule has 42 heavy (non-hydrogen) atoms. The number of amides is 2. The van der Waals surface area contributed by atoms with E-state index >= 15 is 0 Å². The monoisotopic (exact) mass is 593 g/mol. The van der Waals surface area contributed by atoms with E-state index in [1.165, 1.54) is 28.4 Å². The predicted octanol–water partition coefficient (Wildman–Crippen LogP) is 5.36. The lowest BCUT2D eigenvalue weighted by molar-refractivity contribution is -0.154. The number of rotatable bonds is 9. The maximum atomic E-state index is 14.1. The zero-order chi connectivity index (χ0) is 28.9. The number of carbonyl (C=O) groups excluding carboxylic acids is 3. The van der Waals surface area contributed by atoms with Gasteiger partial charge in [0.05, 0.1) is 6.42 Å². The minimum atomic E-state index is -0.727. The van der Waals surface area contributed by atoms with Crippen molar-refractivity contribution in [1.29, 1.82) is 0 Å². The maximum absolute atomic E-state index is 14.1. The van der Waals surface area contributed by atoms with Crippen molar-refractivity contribution in [2.75, 3.05) is 5.75 Å². The number of nitrogens with zero attached hydrogens (tertiary/aromatic N) is 2. The van der Waals surface area contributed by atoms with Gasteiger partial charge in [0.15, 0.2) is 6.10 Å². The number of pyridine rings is 1. The van der Waals surface area contributed by atoms with Crippen LogP contribution in [-0.2, 0) is 25.5 Å². The van der Waals surface area contributed by atoms with E-state index in [-0.39, 0.29) is 23.9 Å². The molecule has 0 saturated carbocycles. The van der Waals surface area contributed by atoms with Gasteiger partial charge in [0.25, 0.3) is 5.91 Å². The van der Waals surface area contributed by atoms with Crippen molar-refractivity contribution < 1.29 is 19.1 Å². The van der Waals surface area contributed by atoms with Crippen molar-refractivity contribution in [2.24, 2.45) is 0 Å². The smallest absolute Gasteiger partial charge is 0.356 e. The van der Waals surface area contributed by atoms with E-state index in [0.29, 0.717) is 15.7 Å². The van der Waals surface area contributed by atoms with Crippen LogP contribution < -0.4 is 5.32 Å². The van der Waals surface area contributed by atoms with E-state index < -0.39 is 23.5 Å². The number of hydrogen-bond donors (Lipinski definition) is 1. The van der Waals surface area contributed by atoms with Gasteiger partial charge in [0, 0.05) is 16.9 Å². The Bertz CT molecular complexity index is 1560. The standard InChI is InChI=1S/C33H27N3O4S2/c37-26(20-22-12-4-1-5-13-22)35-28-31(38)36-29(25(21-41-32(28)36)42-27-18-10-11-19-34-27)33(39)40-30(23-14-6-2-7-15-23)24-16-8-3-9-17-24/h1-19,28,30,32H,20-21H2,(H,35,37)/t28-,32+/m1/s1. The molecule has 2 aliphatic heterocycles. The van der Waals surface area contributed by atoms with Gasteiger partial charge in [-0.2, -0.15) is 0 Å². The van der Waals surface area contributed by atoms with Gasteiger partial charge >= 0.3 is 5.97 Å². The molecule has 0 bridgehead atoms. The topological polar surface area (TPSA) is 88.6 Å². The zero-order valence-electron chi connectivity index (χ0n) is 22.5. The van der Waals surface area contributed by atoms with Crippen LogP contribution in [0.2, 0.25) is 0 Å². The van der Waals surface area contributed by atoms with Gasteiger partial charge in [0.2, 0.25) is 5.91 Å². The van der Waals surface area contributed by atoms with E-state index in [4.69, 9.17) is 4.74 Å². The summed E-state index contributed by atoms with van der Waals surface area (Å²) in [7, 11) is 0. The first-order valence-corrected chi connectivity index (χ1v) is 15.4. The number of benzene rings is 3. The number of β-lactam (4-membered cyclic amide) rings is 1. The molecule has 9 heteroatoms. The number of nitrogens with one attached hydrogen (secondary N) is 1. The van der Waals surface area contributed by atoms with Gasteiger partial charge < -0.3 is 10.1 Å². The number of aromatic nitrogens is 1. The van der Waals surface area contributed by atoms with E-state index in [1.807, 2.05) is 109 Å². The summed E-state index contributed by atoms with van der Waals surface area (Å²) in [5.74, 6) is -0.712. The third kappa shape index (κ3) is 5.98. The zero-order valence-corrected chi connectivity index (χ0v) is 24.1. The summed E-state index contributed by atoms with van der Waals surface area (Å²) in [6, 6.07) is 33.3. The summed E-state index contributed by atoms with van der Waals surface area (Å²) in [4.78, 5) is 47.0. The molecule has 3 heterocycles. The highest BCUT2D eigenvalue weighted by Crippen LogP contribution is 2.45. The lowest BCUT2D eigenvalue weighted by atomic mass is 10.0. The van der Waals surface area contributed by atoms with Crippen molar-refractivity contribution in [3.8, 4) is 0 Å². The largest absolute Gasteiger partial charge is 0.448 e. The molecular weight excluding hydrogens is 567 g/mol. The number of carbonyl (C=O) groups is 3. The highest BCUT2D eigenvalue weighted by atomic mass is 32.2. The van der Waals surface area contributed by atoms with Crippen LogP contribution >= 0.6 is 23.5 Å². The molecule has 3 aromatic carbocycles. The van der Waals surface area contributed by atoms with Crippen LogP contribution in [0.5, 0.6) is 0 Å². The quantitative estimate of drug-likeness (QED) is 0.207. The van der Waals surface area contributed by atoms with Crippen LogP contribution in [0.25, 0.3) is 0 Å². The summed E-state index contributed by atoms with van der Waals surface area (Å²) in [5, 5.41) is 3.18. The van der Waals surface area contributed by atoms with Crippen LogP contribution in [0, 0.1) is 0 Å². The summed E-state index contributed by atoms with van der Waals surface area (Å²) in [6.07, 6.45) is 1.19. The number of fused-ring (bicyclic) bond motifs is 1. The maximum Gasteiger partial charge on any atom is 0.356 e. The summed E-state index contributed by atoms with van der Waals surface area (Å²) >= 11 is 2.85. The molecule has 210 valence electrons. The molecule has 7 nitrogen and oxygen atoms in total. The summed E-state index contributed by atoms with van der Waals surface area (Å²) in [5.41, 5.74) is 2.70. The van der Waals surface area contributed by atoms with Crippen molar-refractivity contribution in [3.05, 3.63) is 143 Å². The van der Waals surface area contributed by atoms with Crippen LogP contribution in [0.4, 0.5) is 0 Å². The molecule has 0 spiro atoms. The van der Waals surface area contributed by atoms with Crippen molar-refractivity contribution >= 4 is 41.3 Å². The third-order valence-corrected chi connectivity index (χ3v) is 9.44. The molecule has 1 fully saturated rings. The van der Waals surface area contributed by atoms with Crippen LogP contribution in [0.15, 0.2) is 131 Å². The fraction of sp³-hybridized carbons (Fsp3) is 0.152. The fourth-order valence-electron chi connectivity index (χ4n) is 4.95. The second kappa shape index (κ2) is 12.7. The first-order chi connectivity index (χ1) is 20.6. The second-order valence-corrected chi connectivity index (χ2v) is 12.0. The number of thioether (sulfide) groups is 2. The van der Waals surface area contributed by atoms with Gasteiger partial charge in [-0.15, -0.1) is 11.8 Å². The number of hydrogen-bond acceptors (Lipinski definition) is 7. The van der Waals surface area contributed by atoms with E-state index in [0.717, 1.165) is 16.7 Å². The van der Waals surface area contributed by atoms with Crippen molar-refractivity contribution in [1.82, 2.24) is 15.2 Å². The van der Waals surface area contributed by atoms with Gasteiger partial charge in [-0.25, -0.2) is 9.78 Å². The lowest BCUT2D eigenvalue weighted by Crippen LogP contribution is -2.70. The van der Waals surface area contributed by atoms with Crippen molar-refractivity contribution in [2.45, 2.75) is 29.0 Å². The third-order valence-electron chi connectivity index (χ3n) is 6.95. The normalized spacial score (nSPS) is 17.8. The second-order valence-electron chi connectivity index (χ2n) is 9.77. The molecule has 1 aromatic heterocycles. The molecule has 2 amide bonds. The summed E-state index contributed by atoms with van der Waals surface area (Å²) in [6.45, 7) is 0. The Balaban J connectivity index is 1.28. The molecule has 2 atom stereocenters. The Morgan fingerprint density at radius 1 is 0.905 bits per heavy atom. The fourth-order valence-corrected chi connectivity index (χ4v) is 7.37. The van der Waals surface area contributed by atoms with Crippen LogP contribution in [0.1, 0.15) is 22.8 Å². The first kappa shape index (κ1) is 27.8. The Kier molecular flexibility index (Phi) is 8.39. The number of ether oxygens (including phenoxy) is 1. The Labute approximate surface area is 252 Å². The highest BCUT2D eigenvalue weighted by Gasteiger charge is 2.54. The van der Waals surface area contributed by atoms with Crippen LogP contribution in [0.3, 0.4) is 0 Å². The Morgan fingerprint density at radius 3 is 2.14 bits per heavy atom. The molecule has 1 N–H and O–H groups in total. The van der Waals surface area contributed by atoms with E-state index in [2.05, 4.69) is 10.3 Å². The highest BCUT2D eigenvalue weighted by molar-refractivity contribution is 8.06. The van der Waals surface area contributed by atoms with E-state index in [1.54, 1.807) is 6.20 Å². The average Bonchev–Trinajstić information content (AvgIpc) is 3.04. The molecule has 6 rings (SSSR count). The molecule has 0 aliphatic carbocycles. The van der Waals surface area contributed by atoms with Crippen LogP contribution in [-0.4, -0.2) is 44.8 Å². The van der Waals surface area contributed by atoms with Gasteiger partial charge in [-0.3, -0.25) is 14.5 Å². The minimum absolute atomic E-state index is 0.170. The molecule has 4 aromatic rings. The minimum Gasteiger partial charge on any atom is -0.448 e. The van der Waals surface area contributed by atoms with Gasteiger partial charge in [0.1, 0.15) is 22.1 Å². The van der Waals surface area contributed by atoms with Gasteiger partial charge in [-0.05, 0) is 28.8 Å². The van der Waals surface area contributed by atoms with E-state index in [9.17, 15) is 14.4 Å². The lowest BCUT2D eigenvalue weighted by Gasteiger charge is -2.49. The Hall–Kier alpha value is -4.34. The molecule has 0 radical (unpaired) electrons. The predicted molar refractivity (Wildman–Crippen MR) is 163 cm³/mol. The molecule has 1 saturated heterocycles. The molecule has 0 unspecified atom stereocenters. The average molecular weight is 594 g/mol. The molecule has 2 aliphatic rings.